The molecule has 24 heavy (non-hydrogen) atoms. The van der Waals surface area contributed by atoms with E-state index in [1.54, 1.807) is 6.07 Å². The predicted octanol–water partition coefficient (Wildman–Crippen LogP) is 4.29. The van der Waals surface area contributed by atoms with Crippen molar-refractivity contribution in [3.05, 3.63) is 53.1 Å². The van der Waals surface area contributed by atoms with E-state index in [-0.39, 0.29) is 5.69 Å². The second-order valence-corrected chi connectivity index (χ2v) is 7.79. The Morgan fingerprint density at radius 3 is 2.67 bits per heavy atom. The van der Waals surface area contributed by atoms with Gasteiger partial charge in [0.1, 0.15) is 4.88 Å². The third-order valence-electron chi connectivity index (χ3n) is 2.96. The van der Waals surface area contributed by atoms with Gasteiger partial charge in [0, 0.05) is 10.5 Å². The monoisotopic (exact) mass is 476 g/mol. The lowest BCUT2D eigenvalue weighted by Crippen LogP contribution is -2.21. The van der Waals surface area contributed by atoms with Crippen LogP contribution in [0.25, 0.3) is 0 Å². The number of hydrogen-bond donors (Lipinski definition) is 1. The molecule has 1 aromatic heterocycles. The number of nitrogens with one attached hydrogen (secondary N) is 1. The maximum atomic E-state index is 11.9. The highest BCUT2D eigenvalue weighted by atomic mass is 79.9. The van der Waals surface area contributed by atoms with Gasteiger partial charge in [-0.2, -0.15) is 0 Å². The lowest BCUT2D eigenvalue weighted by molar-refractivity contribution is -0.385. The summed E-state index contributed by atoms with van der Waals surface area (Å²) in [5, 5.41) is 13.4. The minimum Gasteiger partial charge on any atom is -0.451 e. The van der Waals surface area contributed by atoms with Gasteiger partial charge in [-0.05, 0) is 50.9 Å². The fraction of sp³-hybridized carbons (Fsp3) is 0.143. The van der Waals surface area contributed by atoms with E-state index in [9.17, 15) is 19.7 Å². The van der Waals surface area contributed by atoms with E-state index < -0.39 is 23.4 Å². The van der Waals surface area contributed by atoms with Crippen molar-refractivity contribution >= 4 is 66.4 Å². The van der Waals surface area contributed by atoms with Gasteiger partial charge in [0.15, 0.2) is 6.61 Å². The molecule has 0 unspecified atom stereocenters. The Morgan fingerprint density at radius 2 is 2.08 bits per heavy atom. The summed E-state index contributed by atoms with van der Waals surface area (Å²) in [6.45, 7) is 1.04. The SMILES string of the molecule is Cc1c(NC(=O)COC(=O)c2cc(Br)c(Br)s2)cccc1[N+](=O)[O-]. The Labute approximate surface area is 157 Å². The number of esters is 1. The lowest BCUT2D eigenvalue weighted by Gasteiger charge is -2.08. The highest BCUT2D eigenvalue weighted by molar-refractivity contribution is 9.13. The molecule has 0 fully saturated rings. The van der Waals surface area contributed by atoms with E-state index in [1.807, 2.05) is 0 Å². The maximum Gasteiger partial charge on any atom is 0.348 e. The predicted molar refractivity (Wildman–Crippen MR) is 96.5 cm³/mol. The van der Waals surface area contributed by atoms with Crippen LogP contribution < -0.4 is 5.32 Å². The Bertz CT molecular complexity index is 802. The quantitative estimate of drug-likeness (QED) is 0.393. The first-order valence-electron chi connectivity index (χ1n) is 6.45. The van der Waals surface area contributed by atoms with Crippen LogP contribution in [0.1, 0.15) is 15.2 Å². The maximum absolute atomic E-state index is 11.9. The van der Waals surface area contributed by atoms with E-state index in [1.165, 1.54) is 36.5 Å². The van der Waals surface area contributed by atoms with Crippen LogP contribution >= 0.6 is 43.2 Å². The highest BCUT2D eigenvalue weighted by Gasteiger charge is 2.17. The fourth-order valence-corrected chi connectivity index (χ4v) is 3.72. The van der Waals surface area contributed by atoms with Gasteiger partial charge in [-0.25, -0.2) is 4.79 Å². The normalized spacial score (nSPS) is 10.3. The van der Waals surface area contributed by atoms with Gasteiger partial charge < -0.3 is 10.1 Å². The average Bonchev–Trinajstić information content (AvgIpc) is 2.86. The highest BCUT2D eigenvalue weighted by Crippen LogP contribution is 2.32. The second-order valence-electron chi connectivity index (χ2n) is 4.56. The van der Waals surface area contributed by atoms with Crippen molar-refractivity contribution in [3.63, 3.8) is 0 Å². The van der Waals surface area contributed by atoms with E-state index in [0.717, 1.165) is 8.26 Å². The molecule has 0 saturated carbocycles. The van der Waals surface area contributed by atoms with Crippen LogP contribution in [0, 0.1) is 17.0 Å². The van der Waals surface area contributed by atoms with Gasteiger partial charge in [-0.15, -0.1) is 11.3 Å². The van der Waals surface area contributed by atoms with Gasteiger partial charge in [0.05, 0.1) is 20.0 Å². The summed E-state index contributed by atoms with van der Waals surface area (Å²) in [6, 6.07) is 5.93. The zero-order chi connectivity index (χ0) is 17.9. The number of carbonyl (C=O) groups is 2. The number of halogens is 2. The topological polar surface area (TPSA) is 98.5 Å². The Hall–Kier alpha value is -1.78. The number of ether oxygens (including phenoxy) is 1. The Balaban J connectivity index is 1.98. The number of carbonyl (C=O) groups excluding carboxylic acids is 2. The molecule has 1 heterocycles. The number of benzene rings is 1. The molecule has 0 aliphatic rings. The van der Waals surface area contributed by atoms with Crippen molar-refractivity contribution < 1.29 is 19.2 Å². The largest absolute Gasteiger partial charge is 0.451 e. The number of thiophene rings is 1. The van der Waals surface area contributed by atoms with E-state index in [4.69, 9.17) is 4.74 Å². The summed E-state index contributed by atoms with van der Waals surface area (Å²) in [5.41, 5.74) is 0.526. The standard InChI is InChI=1S/C14H10Br2N2O5S/c1-7-9(3-2-4-10(7)18(21)22)17-12(19)6-23-14(20)11-5-8(15)13(16)24-11/h2-5H,6H2,1H3,(H,17,19). The molecule has 2 aromatic rings. The van der Waals surface area contributed by atoms with Crippen LogP contribution in [-0.4, -0.2) is 23.4 Å². The van der Waals surface area contributed by atoms with E-state index >= 15 is 0 Å². The first kappa shape index (κ1) is 18.6. The number of nitro groups is 1. The molecule has 0 saturated heterocycles. The zero-order valence-corrected chi connectivity index (χ0v) is 16.2. The van der Waals surface area contributed by atoms with Crippen molar-refractivity contribution in [2.75, 3.05) is 11.9 Å². The van der Waals surface area contributed by atoms with Gasteiger partial charge >= 0.3 is 5.97 Å². The molecule has 1 amide bonds. The van der Waals surface area contributed by atoms with Gasteiger partial charge in [0.25, 0.3) is 11.6 Å². The van der Waals surface area contributed by atoms with Crippen LogP contribution in [0.4, 0.5) is 11.4 Å². The number of nitro benzene ring substituents is 1. The number of amides is 1. The molecule has 2 rings (SSSR count). The van der Waals surface area contributed by atoms with Gasteiger partial charge in [-0.1, -0.05) is 6.07 Å². The van der Waals surface area contributed by atoms with Gasteiger partial charge in [-0.3, -0.25) is 14.9 Å². The summed E-state index contributed by atoms with van der Waals surface area (Å²) in [5.74, 6) is -1.21. The van der Waals surface area contributed by atoms with Gasteiger partial charge in [0.2, 0.25) is 0 Å². The smallest absolute Gasteiger partial charge is 0.348 e. The first-order chi connectivity index (χ1) is 11.3. The van der Waals surface area contributed by atoms with Crippen LogP contribution in [0.3, 0.4) is 0 Å². The molecular formula is C14H10Br2N2O5S. The lowest BCUT2D eigenvalue weighted by atomic mass is 10.1. The average molecular weight is 478 g/mol. The summed E-state index contributed by atoms with van der Waals surface area (Å²) >= 11 is 7.70. The van der Waals surface area contributed by atoms with Crippen LogP contribution in [0.2, 0.25) is 0 Å². The summed E-state index contributed by atoms with van der Waals surface area (Å²) in [6.07, 6.45) is 0. The third-order valence-corrected chi connectivity index (χ3v) is 6.19. The Morgan fingerprint density at radius 1 is 1.38 bits per heavy atom. The molecular weight excluding hydrogens is 468 g/mol. The van der Waals surface area contributed by atoms with Crippen molar-refractivity contribution in [3.8, 4) is 0 Å². The number of anilines is 1. The fourth-order valence-electron chi connectivity index (χ4n) is 1.79. The number of rotatable bonds is 5. The van der Waals surface area contributed by atoms with Crippen LogP contribution in [0.5, 0.6) is 0 Å². The summed E-state index contributed by atoms with van der Waals surface area (Å²) in [4.78, 5) is 34.4. The molecule has 1 N–H and O–H groups in total. The number of hydrogen-bond acceptors (Lipinski definition) is 6. The molecule has 0 aliphatic carbocycles. The minimum atomic E-state index is -0.627. The molecule has 7 nitrogen and oxygen atoms in total. The molecule has 0 aliphatic heterocycles. The van der Waals surface area contributed by atoms with Crippen LogP contribution in [-0.2, 0) is 9.53 Å². The zero-order valence-electron chi connectivity index (χ0n) is 12.2. The third kappa shape index (κ3) is 4.40. The molecule has 0 bridgehead atoms. The first-order valence-corrected chi connectivity index (χ1v) is 8.85. The van der Waals surface area contributed by atoms with Crippen molar-refractivity contribution in [2.24, 2.45) is 0 Å². The van der Waals surface area contributed by atoms with Crippen LogP contribution in [0.15, 0.2) is 32.5 Å². The Kier molecular flexibility index (Phi) is 6.08. The van der Waals surface area contributed by atoms with Crippen molar-refractivity contribution in [1.29, 1.82) is 0 Å². The molecule has 10 heteroatoms. The molecule has 0 spiro atoms. The summed E-state index contributed by atoms with van der Waals surface area (Å²) in [7, 11) is 0. The minimum absolute atomic E-state index is 0.0990. The second kappa shape index (κ2) is 7.86. The van der Waals surface area contributed by atoms with E-state index in [0.29, 0.717) is 16.1 Å². The van der Waals surface area contributed by atoms with Crippen molar-refractivity contribution in [1.82, 2.24) is 0 Å². The molecule has 126 valence electrons. The summed E-state index contributed by atoms with van der Waals surface area (Å²) < 4.78 is 6.39. The number of nitrogens with zero attached hydrogens (tertiary/aromatic N) is 1. The van der Waals surface area contributed by atoms with E-state index in [2.05, 4.69) is 37.2 Å². The molecule has 0 radical (unpaired) electrons. The molecule has 1 aromatic carbocycles. The van der Waals surface area contributed by atoms with Crippen molar-refractivity contribution in [2.45, 2.75) is 6.92 Å². The molecule has 0 atom stereocenters.